The molecular formula is C27H33ClN6O. The van der Waals surface area contributed by atoms with E-state index in [1.165, 1.54) is 12.5 Å². The summed E-state index contributed by atoms with van der Waals surface area (Å²) in [6, 6.07) is 9.02. The molecule has 3 N–H and O–H groups in total. The molecule has 5 rings (SSSR count). The SMILES string of the molecule is C=CC(=O)N1CCCC(CNC2CCC(Nc3ncc(Cl)c(-c4c[nH]c5ccccc45)n3)CC2)C1. The summed E-state index contributed by atoms with van der Waals surface area (Å²) in [5, 5.41) is 8.94. The molecule has 1 saturated heterocycles. The summed E-state index contributed by atoms with van der Waals surface area (Å²) in [6.45, 7) is 6.28. The van der Waals surface area contributed by atoms with Crippen LogP contribution >= 0.6 is 11.6 Å². The lowest BCUT2D eigenvalue weighted by molar-refractivity contribution is -0.127. The van der Waals surface area contributed by atoms with Gasteiger partial charge in [0.2, 0.25) is 11.9 Å². The van der Waals surface area contributed by atoms with Crippen molar-refractivity contribution in [2.24, 2.45) is 5.92 Å². The van der Waals surface area contributed by atoms with Crippen molar-refractivity contribution in [2.75, 3.05) is 25.0 Å². The lowest BCUT2D eigenvalue weighted by Crippen LogP contribution is -2.45. The van der Waals surface area contributed by atoms with Crippen molar-refractivity contribution < 1.29 is 4.79 Å². The smallest absolute Gasteiger partial charge is 0.245 e. The molecule has 0 bridgehead atoms. The van der Waals surface area contributed by atoms with Crippen LogP contribution in [-0.4, -0.2) is 57.5 Å². The van der Waals surface area contributed by atoms with Crippen LogP contribution in [0, 0.1) is 5.92 Å². The number of para-hydroxylation sites is 1. The van der Waals surface area contributed by atoms with Crippen LogP contribution in [0.2, 0.25) is 5.02 Å². The Morgan fingerprint density at radius 1 is 1.20 bits per heavy atom. The van der Waals surface area contributed by atoms with Gasteiger partial charge in [-0.1, -0.05) is 36.4 Å². The lowest BCUT2D eigenvalue weighted by Gasteiger charge is -2.35. The highest BCUT2D eigenvalue weighted by atomic mass is 35.5. The number of carbonyl (C=O) groups is 1. The first-order valence-electron chi connectivity index (χ1n) is 12.6. The minimum absolute atomic E-state index is 0.0542. The van der Waals surface area contributed by atoms with E-state index in [9.17, 15) is 4.79 Å². The molecule has 1 unspecified atom stereocenters. The van der Waals surface area contributed by atoms with E-state index in [-0.39, 0.29) is 5.91 Å². The van der Waals surface area contributed by atoms with Gasteiger partial charge in [-0.2, -0.15) is 0 Å². The largest absolute Gasteiger partial charge is 0.360 e. The summed E-state index contributed by atoms with van der Waals surface area (Å²) in [5.74, 6) is 1.20. The number of hydrogen-bond donors (Lipinski definition) is 3. The van der Waals surface area contributed by atoms with Gasteiger partial charge in [0.05, 0.1) is 16.9 Å². The maximum absolute atomic E-state index is 11.9. The van der Waals surface area contributed by atoms with Crippen molar-refractivity contribution >= 4 is 34.4 Å². The number of H-pyrrole nitrogens is 1. The predicted molar refractivity (Wildman–Crippen MR) is 142 cm³/mol. The number of nitrogens with zero attached hydrogens (tertiary/aromatic N) is 3. The topological polar surface area (TPSA) is 85.9 Å². The molecule has 1 aromatic carbocycles. The Kier molecular flexibility index (Phi) is 7.35. The highest BCUT2D eigenvalue weighted by Gasteiger charge is 2.25. The summed E-state index contributed by atoms with van der Waals surface area (Å²) in [6.07, 6.45) is 11.7. The van der Waals surface area contributed by atoms with E-state index in [0.29, 0.717) is 29.0 Å². The monoisotopic (exact) mass is 492 g/mol. The van der Waals surface area contributed by atoms with Gasteiger partial charge < -0.3 is 20.5 Å². The number of hydrogen-bond acceptors (Lipinski definition) is 5. The fourth-order valence-corrected chi connectivity index (χ4v) is 5.60. The van der Waals surface area contributed by atoms with E-state index in [0.717, 1.165) is 73.9 Å². The average molecular weight is 493 g/mol. The maximum Gasteiger partial charge on any atom is 0.245 e. The molecule has 3 heterocycles. The quantitative estimate of drug-likeness (QED) is 0.403. The van der Waals surface area contributed by atoms with Crippen LogP contribution in [0.15, 0.2) is 49.3 Å². The number of aromatic amines is 1. The summed E-state index contributed by atoms with van der Waals surface area (Å²) >= 11 is 6.48. The molecule has 2 aromatic heterocycles. The molecule has 3 aromatic rings. The predicted octanol–water partition coefficient (Wildman–Crippen LogP) is 5.02. The molecule has 1 saturated carbocycles. The van der Waals surface area contributed by atoms with Crippen LogP contribution < -0.4 is 10.6 Å². The van der Waals surface area contributed by atoms with Gasteiger partial charge in [0, 0.05) is 47.8 Å². The fourth-order valence-electron chi connectivity index (χ4n) is 5.41. The number of anilines is 1. The number of halogens is 1. The van der Waals surface area contributed by atoms with E-state index >= 15 is 0 Å². The van der Waals surface area contributed by atoms with Crippen molar-refractivity contribution in [3.05, 3.63) is 54.3 Å². The standard InChI is InChI=1S/C27H33ClN6O/c1-2-25(35)34-13-5-6-18(17-34)14-29-19-9-11-20(12-10-19)32-27-31-16-23(28)26(33-27)22-15-30-24-8-4-3-7-21(22)24/h2-4,7-8,15-16,18-20,29-30H,1,5-6,9-14,17H2,(H,31,32,33). The Hall–Kier alpha value is -2.90. The summed E-state index contributed by atoms with van der Waals surface area (Å²) < 4.78 is 0. The zero-order chi connectivity index (χ0) is 24.2. The Morgan fingerprint density at radius 3 is 2.83 bits per heavy atom. The van der Waals surface area contributed by atoms with E-state index in [1.54, 1.807) is 6.20 Å². The Bertz CT molecular complexity index is 1190. The summed E-state index contributed by atoms with van der Waals surface area (Å²) in [4.78, 5) is 26.4. The third-order valence-electron chi connectivity index (χ3n) is 7.35. The minimum atomic E-state index is 0.0542. The third-order valence-corrected chi connectivity index (χ3v) is 7.63. The van der Waals surface area contributed by atoms with Gasteiger partial charge >= 0.3 is 0 Å². The third kappa shape index (κ3) is 5.52. The van der Waals surface area contributed by atoms with Crippen LogP contribution in [0.25, 0.3) is 22.2 Å². The van der Waals surface area contributed by atoms with Crippen LogP contribution in [-0.2, 0) is 4.79 Å². The molecule has 2 fully saturated rings. The number of carbonyl (C=O) groups excluding carboxylic acids is 1. The molecule has 1 amide bonds. The van der Waals surface area contributed by atoms with E-state index < -0.39 is 0 Å². The minimum Gasteiger partial charge on any atom is -0.360 e. The molecule has 8 heteroatoms. The highest BCUT2D eigenvalue weighted by Crippen LogP contribution is 2.32. The number of amides is 1. The number of aromatic nitrogens is 3. The second-order valence-corrected chi connectivity index (χ2v) is 10.1. The molecule has 7 nitrogen and oxygen atoms in total. The first-order valence-corrected chi connectivity index (χ1v) is 13.0. The molecule has 184 valence electrons. The van der Waals surface area contributed by atoms with Gasteiger partial charge in [0.25, 0.3) is 0 Å². The van der Waals surface area contributed by atoms with E-state index in [4.69, 9.17) is 16.6 Å². The molecule has 0 spiro atoms. The average Bonchev–Trinajstić information content (AvgIpc) is 3.33. The van der Waals surface area contributed by atoms with Crippen LogP contribution in [0.3, 0.4) is 0 Å². The molecule has 2 aliphatic rings. The number of piperidine rings is 1. The molecule has 1 aliphatic carbocycles. The number of fused-ring (bicyclic) bond motifs is 1. The van der Waals surface area contributed by atoms with E-state index in [2.05, 4.69) is 33.2 Å². The first-order chi connectivity index (χ1) is 17.1. The zero-order valence-corrected chi connectivity index (χ0v) is 20.7. The van der Waals surface area contributed by atoms with Crippen molar-refractivity contribution in [3.63, 3.8) is 0 Å². The normalized spacial score (nSPS) is 22.8. The number of nitrogens with one attached hydrogen (secondary N) is 3. The first kappa shape index (κ1) is 23.8. The number of rotatable bonds is 7. The van der Waals surface area contributed by atoms with Gasteiger partial charge in [0.15, 0.2) is 0 Å². The Morgan fingerprint density at radius 2 is 2.00 bits per heavy atom. The summed E-state index contributed by atoms with van der Waals surface area (Å²) in [7, 11) is 0. The molecule has 1 aliphatic heterocycles. The molecular weight excluding hydrogens is 460 g/mol. The zero-order valence-electron chi connectivity index (χ0n) is 20.0. The second-order valence-electron chi connectivity index (χ2n) is 9.74. The number of benzene rings is 1. The number of likely N-dealkylation sites (tertiary alicyclic amines) is 1. The summed E-state index contributed by atoms with van der Waals surface area (Å²) in [5.41, 5.74) is 2.79. The van der Waals surface area contributed by atoms with E-state index in [1.807, 2.05) is 29.3 Å². The van der Waals surface area contributed by atoms with Gasteiger partial charge in [-0.15, -0.1) is 0 Å². The molecule has 0 radical (unpaired) electrons. The van der Waals surface area contributed by atoms with Gasteiger partial charge in [-0.25, -0.2) is 9.97 Å². The van der Waals surface area contributed by atoms with Gasteiger partial charge in [-0.3, -0.25) is 4.79 Å². The van der Waals surface area contributed by atoms with Crippen molar-refractivity contribution in [2.45, 2.75) is 50.6 Å². The maximum atomic E-state index is 11.9. The molecule has 1 atom stereocenters. The van der Waals surface area contributed by atoms with Crippen LogP contribution in [0.1, 0.15) is 38.5 Å². The van der Waals surface area contributed by atoms with Crippen molar-refractivity contribution in [3.8, 4) is 11.3 Å². The Labute approximate surface area is 211 Å². The van der Waals surface area contributed by atoms with Gasteiger partial charge in [-0.05, 0) is 63.1 Å². The highest BCUT2D eigenvalue weighted by molar-refractivity contribution is 6.33. The molecule has 35 heavy (non-hydrogen) atoms. The fraction of sp³-hybridized carbons (Fsp3) is 0.444. The second kappa shape index (κ2) is 10.8. The van der Waals surface area contributed by atoms with Gasteiger partial charge in [0.1, 0.15) is 0 Å². The van der Waals surface area contributed by atoms with Crippen molar-refractivity contribution in [1.29, 1.82) is 0 Å². The lowest BCUT2D eigenvalue weighted by atomic mass is 9.90. The Balaban J connectivity index is 1.14. The van der Waals surface area contributed by atoms with Crippen LogP contribution in [0.4, 0.5) is 5.95 Å². The van der Waals surface area contributed by atoms with Crippen LogP contribution in [0.5, 0.6) is 0 Å². The van der Waals surface area contributed by atoms with Crippen molar-refractivity contribution in [1.82, 2.24) is 25.2 Å².